The largest absolute Gasteiger partial charge is 0.465 e. The molecule has 3 heterocycles. The summed E-state index contributed by atoms with van der Waals surface area (Å²) in [6.45, 7) is 0.968. The fraction of sp³-hybridized carbons (Fsp3) is 0.421. The van der Waals surface area contributed by atoms with Crippen LogP contribution in [0.3, 0.4) is 0 Å². The highest BCUT2D eigenvalue weighted by Crippen LogP contribution is 2.33. The third kappa shape index (κ3) is 4.51. The monoisotopic (exact) mass is 434 g/mol. The summed E-state index contributed by atoms with van der Waals surface area (Å²) in [5, 5.41) is 0.101. The zero-order chi connectivity index (χ0) is 21.7. The van der Waals surface area contributed by atoms with E-state index in [9.17, 15) is 14.4 Å². The Morgan fingerprint density at radius 2 is 1.77 bits per heavy atom. The molecule has 1 fully saturated rings. The molecule has 11 heteroatoms. The van der Waals surface area contributed by atoms with Crippen LogP contribution in [0.15, 0.2) is 18.5 Å². The molecule has 3 rings (SSSR count). The maximum atomic E-state index is 12.6. The summed E-state index contributed by atoms with van der Waals surface area (Å²) in [7, 11) is 2.42. The van der Waals surface area contributed by atoms with E-state index in [1.807, 2.05) is 4.90 Å². The van der Waals surface area contributed by atoms with Gasteiger partial charge in [-0.25, -0.2) is 19.6 Å². The van der Waals surface area contributed by atoms with Gasteiger partial charge in [0, 0.05) is 31.0 Å². The van der Waals surface area contributed by atoms with E-state index >= 15 is 0 Å². The number of nitrogen functional groups attached to an aromatic ring is 1. The van der Waals surface area contributed by atoms with Crippen LogP contribution < -0.4 is 10.6 Å². The highest BCUT2D eigenvalue weighted by molar-refractivity contribution is 7.18. The number of nitrogens with two attached hydrogens (primary N) is 1. The summed E-state index contributed by atoms with van der Waals surface area (Å²) in [4.78, 5) is 47.3. The molecule has 160 valence electrons. The highest BCUT2D eigenvalue weighted by atomic mass is 32.1. The summed E-state index contributed by atoms with van der Waals surface area (Å²) in [6.07, 6.45) is 4.51. The third-order valence-electron chi connectivity index (χ3n) is 4.82. The van der Waals surface area contributed by atoms with Gasteiger partial charge >= 0.3 is 17.9 Å². The number of thiophene rings is 1. The fourth-order valence-electron chi connectivity index (χ4n) is 3.24. The lowest BCUT2D eigenvalue weighted by Crippen LogP contribution is -2.37. The smallest absolute Gasteiger partial charge is 0.348 e. The van der Waals surface area contributed by atoms with Crippen molar-refractivity contribution in [1.82, 2.24) is 9.97 Å². The van der Waals surface area contributed by atoms with Crippen LogP contribution in [0, 0.1) is 5.92 Å². The maximum Gasteiger partial charge on any atom is 0.348 e. The normalized spacial score (nSPS) is 14.3. The molecular formula is C19H22N4O6S. The molecule has 0 spiro atoms. The Morgan fingerprint density at radius 3 is 2.37 bits per heavy atom. The lowest BCUT2D eigenvalue weighted by Gasteiger charge is -2.30. The second-order valence-corrected chi connectivity index (χ2v) is 7.60. The van der Waals surface area contributed by atoms with Gasteiger partial charge in [-0.1, -0.05) is 0 Å². The van der Waals surface area contributed by atoms with Crippen molar-refractivity contribution < 1.29 is 28.6 Å². The zero-order valence-corrected chi connectivity index (χ0v) is 17.4. The van der Waals surface area contributed by atoms with Gasteiger partial charge in [0.15, 0.2) is 0 Å². The number of esters is 3. The van der Waals surface area contributed by atoms with E-state index in [0.29, 0.717) is 31.9 Å². The Balaban J connectivity index is 1.66. The number of nitrogens with zero attached hydrogens (tertiary/aromatic N) is 3. The summed E-state index contributed by atoms with van der Waals surface area (Å²) >= 11 is 0.893. The summed E-state index contributed by atoms with van der Waals surface area (Å²) in [6, 6.07) is 1.75. The molecule has 0 saturated carbocycles. The minimum Gasteiger partial charge on any atom is -0.465 e. The number of hydrogen-bond acceptors (Lipinski definition) is 11. The van der Waals surface area contributed by atoms with Crippen molar-refractivity contribution >= 4 is 40.2 Å². The van der Waals surface area contributed by atoms with E-state index in [1.165, 1.54) is 14.2 Å². The van der Waals surface area contributed by atoms with Crippen molar-refractivity contribution in [3.05, 3.63) is 34.5 Å². The number of carbonyl (C=O) groups is 3. The van der Waals surface area contributed by atoms with E-state index in [0.717, 1.165) is 11.3 Å². The van der Waals surface area contributed by atoms with Gasteiger partial charge in [-0.15, -0.1) is 11.3 Å². The molecule has 0 amide bonds. The molecule has 10 nitrogen and oxygen atoms in total. The lowest BCUT2D eigenvalue weighted by atomic mass is 9.97. The predicted molar refractivity (Wildman–Crippen MR) is 108 cm³/mol. The molecule has 0 atom stereocenters. The average Bonchev–Trinajstić information content (AvgIpc) is 3.13. The molecule has 1 saturated heterocycles. The maximum absolute atomic E-state index is 12.6. The van der Waals surface area contributed by atoms with Gasteiger partial charge in [-0.2, -0.15) is 0 Å². The van der Waals surface area contributed by atoms with Gasteiger partial charge in [0.2, 0.25) is 5.95 Å². The van der Waals surface area contributed by atoms with Crippen LogP contribution in [0.2, 0.25) is 0 Å². The number of aromatic nitrogens is 2. The van der Waals surface area contributed by atoms with E-state index in [2.05, 4.69) is 9.97 Å². The highest BCUT2D eigenvalue weighted by Gasteiger charge is 2.31. The van der Waals surface area contributed by atoms with Crippen molar-refractivity contribution in [3.63, 3.8) is 0 Å². The summed E-state index contributed by atoms with van der Waals surface area (Å²) in [5.41, 5.74) is 6.10. The van der Waals surface area contributed by atoms with Crippen LogP contribution in [0.1, 0.15) is 38.4 Å². The predicted octanol–water partition coefficient (Wildman–Crippen LogP) is 1.65. The van der Waals surface area contributed by atoms with E-state index in [-0.39, 0.29) is 33.5 Å². The van der Waals surface area contributed by atoms with Gasteiger partial charge in [-0.05, 0) is 18.9 Å². The molecular weight excluding hydrogens is 412 g/mol. The van der Waals surface area contributed by atoms with Gasteiger partial charge in [0.1, 0.15) is 22.0 Å². The van der Waals surface area contributed by atoms with Crippen LogP contribution in [0.5, 0.6) is 0 Å². The number of anilines is 2. The van der Waals surface area contributed by atoms with Gasteiger partial charge in [-0.3, -0.25) is 4.79 Å². The molecule has 0 radical (unpaired) electrons. The number of rotatable bonds is 6. The first-order chi connectivity index (χ1) is 14.5. The van der Waals surface area contributed by atoms with E-state index in [4.69, 9.17) is 19.9 Å². The van der Waals surface area contributed by atoms with Crippen LogP contribution in [-0.2, 0) is 25.6 Å². The first-order valence-electron chi connectivity index (χ1n) is 9.22. The quantitative estimate of drug-likeness (QED) is 0.528. The second-order valence-electron chi connectivity index (χ2n) is 6.55. The van der Waals surface area contributed by atoms with Crippen LogP contribution in [0.4, 0.5) is 10.9 Å². The van der Waals surface area contributed by atoms with E-state index < -0.39 is 17.9 Å². The van der Waals surface area contributed by atoms with Crippen molar-refractivity contribution in [3.8, 4) is 0 Å². The number of carbonyl (C=O) groups excluding carboxylic acids is 3. The Morgan fingerprint density at radius 1 is 1.13 bits per heavy atom. The first-order valence-corrected chi connectivity index (χ1v) is 10.0. The van der Waals surface area contributed by atoms with E-state index in [1.54, 1.807) is 18.5 Å². The Labute approximate surface area is 177 Å². The second kappa shape index (κ2) is 9.53. The standard InChI is InChI=1S/C19H22N4O6S/c1-27-17(25)13-12(14(18(26)28-2)30-15(13)20)10-29-16(24)11-4-8-23(9-5-11)19-21-6-3-7-22-19/h3,6-7,11H,4-5,8-10,20H2,1-2H3. The topological polar surface area (TPSA) is 134 Å². The average molecular weight is 434 g/mol. The Hall–Kier alpha value is -3.21. The van der Waals surface area contributed by atoms with Crippen molar-refractivity contribution in [1.29, 1.82) is 0 Å². The molecule has 2 N–H and O–H groups in total. The van der Waals surface area contributed by atoms with Crippen LogP contribution in [0.25, 0.3) is 0 Å². The molecule has 2 aromatic rings. The molecule has 0 unspecified atom stereocenters. The molecule has 0 bridgehead atoms. The van der Waals surface area contributed by atoms with Crippen LogP contribution >= 0.6 is 11.3 Å². The van der Waals surface area contributed by atoms with Crippen molar-refractivity contribution in [2.24, 2.45) is 5.92 Å². The summed E-state index contributed by atoms with van der Waals surface area (Å²) < 4.78 is 14.9. The SMILES string of the molecule is COC(=O)c1sc(N)c(C(=O)OC)c1COC(=O)C1CCN(c2ncccn2)CC1. The molecule has 30 heavy (non-hydrogen) atoms. The number of piperidine rings is 1. The van der Waals surface area contributed by atoms with Crippen molar-refractivity contribution in [2.45, 2.75) is 19.4 Å². The molecule has 2 aromatic heterocycles. The van der Waals surface area contributed by atoms with Crippen LogP contribution in [-0.4, -0.2) is 55.2 Å². The first kappa shape index (κ1) is 21.5. The molecule has 1 aliphatic heterocycles. The Kier molecular flexibility index (Phi) is 6.83. The fourth-order valence-corrected chi connectivity index (χ4v) is 4.22. The molecule has 0 aliphatic carbocycles. The number of methoxy groups -OCH3 is 2. The van der Waals surface area contributed by atoms with Gasteiger partial charge < -0.3 is 24.8 Å². The summed E-state index contributed by atoms with van der Waals surface area (Å²) in [5.74, 6) is -1.45. The zero-order valence-electron chi connectivity index (χ0n) is 16.6. The van der Waals surface area contributed by atoms with Gasteiger partial charge in [0.25, 0.3) is 0 Å². The number of hydrogen-bond donors (Lipinski definition) is 1. The molecule has 0 aromatic carbocycles. The molecule has 1 aliphatic rings. The minimum atomic E-state index is -0.707. The van der Waals surface area contributed by atoms with Gasteiger partial charge in [0.05, 0.1) is 20.1 Å². The lowest BCUT2D eigenvalue weighted by molar-refractivity contribution is -0.150. The Bertz CT molecular complexity index is 925. The minimum absolute atomic E-state index is 0.0201. The van der Waals surface area contributed by atoms with Crippen molar-refractivity contribution in [2.75, 3.05) is 37.9 Å². The third-order valence-corrected chi connectivity index (χ3v) is 5.86. The number of ether oxygens (including phenoxy) is 3.